The van der Waals surface area contributed by atoms with Crippen LogP contribution in [0.5, 0.6) is 0 Å². The molecule has 0 N–H and O–H groups in total. The van der Waals surface area contributed by atoms with Crippen molar-refractivity contribution in [3.63, 3.8) is 0 Å². The molecule has 0 bridgehead atoms. The molecule has 0 saturated carbocycles. The molecule has 0 atom stereocenters. The second-order valence-corrected chi connectivity index (χ2v) is 17.5. The number of hydrogen-bond donors (Lipinski definition) is 0. The first kappa shape index (κ1) is 36.1. The number of rotatable bonds is 5. The summed E-state index contributed by atoms with van der Waals surface area (Å²) in [6.07, 6.45) is 0. The van der Waals surface area contributed by atoms with Crippen molar-refractivity contribution < 1.29 is 4.42 Å². The van der Waals surface area contributed by atoms with Crippen molar-refractivity contribution in [1.82, 2.24) is 0 Å². The van der Waals surface area contributed by atoms with E-state index in [1.807, 2.05) is 0 Å². The topological polar surface area (TPSA) is 16.4 Å². The summed E-state index contributed by atoms with van der Waals surface area (Å²) in [6.45, 7) is 0. The molecule has 14 rings (SSSR count). The van der Waals surface area contributed by atoms with Crippen LogP contribution in [0, 0.1) is 0 Å². The van der Waals surface area contributed by atoms with E-state index >= 15 is 0 Å². The highest BCUT2D eigenvalue weighted by molar-refractivity contribution is 6.18. The van der Waals surface area contributed by atoms with Gasteiger partial charge in [0.25, 0.3) is 0 Å². The Hall–Kier alpha value is -8.46. The number of anilines is 3. The summed E-state index contributed by atoms with van der Waals surface area (Å²) in [7, 11) is 0. The molecule has 0 saturated heterocycles. The maximum Gasteiger partial charge on any atom is 0.143 e. The molecule has 2 aliphatic rings. The minimum atomic E-state index is -0.471. The zero-order valence-electron chi connectivity index (χ0n) is 35.4. The fraction of sp³-hybridized carbons (Fsp3) is 0.0159. The lowest BCUT2D eigenvalue weighted by atomic mass is 9.70. The third kappa shape index (κ3) is 4.99. The average Bonchev–Trinajstić information content (AvgIpc) is 4.02. The van der Waals surface area contributed by atoms with Crippen molar-refractivity contribution in [1.29, 1.82) is 0 Å². The number of hydrogen-bond acceptors (Lipinski definition) is 2. The molecular weight excluding hydrogens is 787 g/mol. The number of fused-ring (bicyclic) bond motifs is 16. The molecule has 0 fully saturated rings. The first-order valence-electron chi connectivity index (χ1n) is 22.5. The summed E-state index contributed by atoms with van der Waals surface area (Å²) in [5.41, 5.74) is 19.5. The SMILES string of the molecule is c1ccc(N(c2ccc(-c3cccc4ccccc34)cc2)c2cccc3c2-c2ccccc2C32c3ccccc3-c3ccccc32)c(-c2cccc3c2oc2c4ccccc4ccc32)c1. The lowest BCUT2D eigenvalue weighted by molar-refractivity contribution is 0.674. The molecule has 0 amide bonds. The number of furan rings is 1. The van der Waals surface area contributed by atoms with Crippen LogP contribution in [0.4, 0.5) is 17.1 Å². The predicted molar refractivity (Wildman–Crippen MR) is 271 cm³/mol. The zero-order chi connectivity index (χ0) is 42.6. The number of para-hydroxylation sites is 2. The Morgan fingerprint density at radius 3 is 1.55 bits per heavy atom. The summed E-state index contributed by atoms with van der Waals surface area (Å²) in [6, 6.07) is 87.0. The van der Waals surface area contributed by atoms with Crippen LogP contribution in [-0.4, -0.2) is 0 Å². The summed E-state index contributed by atoms with van der Waals surface area (Å²) in [4.78, 5) is 2.50. The molecule has 2 heteroatoms. The van der Waals surface area contributed by atoms with Crippen molar-refractivity contribution in [3.05, 3.63) is 259 Å². The third-order valence-electron chi connectivity index (χ3n) is 14.3. The molecule has 0 unspecified atom stereocenters. The van der Waals surface area contributed by atoms with Gasteiger partial charge in [-0.1, -0.05) is 206 Å². The molecule has 1 spiro atoms. The van der Waals surface area contributed by atoms with Crippen LogP contribution in [0.2, 0.25) is 0 Å². The summed E-state index contributed by atoms with van der Waals surface area (Å²) in [5.74, 6) is 0. The van der Waals surface area contributed by atoms with Gasteiger partial charge in [-0.3, -0.25) is 0 Å². The van der Waals surface area contributed by atoms with E-state index in [-0.39, 0.29) is 0 Å². The molecule has 1 aromatic heterocycles. The average molecular weight is 826 g/mol. The van der Waals surface area contributed by atoms with Crippen LogP contribution in [-0.2, 0) is 5.41 Å². The van der Waals surface area contributed by atoms with Crippen molar-refractivity contribution in [2.24, 2.45) is 0 Å². The highest BCUT2D eigenvalue weighted by Crippen LogP contribution is 2.65. The van der Waals surface area contributed by atoms with Crippen LogP contribution >= 0.6 is 0 Å². The maximum atomic E-state index is 7.03. The zero-order valence-corrected chi connectivity index (χ0v) is 35.4. The van der Waals surface area contributed by atoms with Crippen LogP contribution in [0.1, 0.15) is 22.3 Å². The molecule has 2 nitrogen and oxygen atoms in total. The second kappa shape index (κ2) is 13.8. The highest BCUT2D eigenvalue weighted by Gasteiger charge is 2.52. The van der Waals surface area contributed by atoms with Gasteiger partial charge >= 0.3 is 0 Å². The van der Waals surface area contributed by atoms with E-state index in [2.05, 4.69) is 241 Å². The van der Waals surface area contributed by atoms with Gasteiger partial charge in [0.15, 0.2) is 0 Å². The van der Waals surface area contributed by atoms with E-state index in [1.165, 1.54) is 71.8 Å². The lowest BCUT2D eigenvalue weighted by Gasteiger charge is -2.32. The molecular formula is C63H39NO. The number of nitrogens with zero attached hydrogens (tertiary/aromatic N) is 1. The van der Waals surface area contributed by atoms with Crippen molar-refractivity contribution in [2.75, 3.05) is 4.90 Å². The normalized spacial score (nSPS) is 13.0. The lowest BCUT2D eigenvalue weighted by Crippen LogP contribution is -2.26. The van der Waals surface area contributed by atoms with Gasteiger partial charge in [-0.2, -0.15) is 0 Å². The van der Waals surface area contributed by atoms with Gasteiger partial charge in [-0.15, -0.1) is 0 Å². The van der Waals surface area contributed by atoms with Gasteiger partial charge in [-0.05, 0) is 96.6 Å². The Morgan fingerprint density at radius 2 is 0.785 bits per heavy atom. The van der Waals surface area contributed by atoms with E-state index in [1.54, 1.807) is 0 Å². The van der Waals surface area contributed by atoms with E-state index < -0.39 is 5.41 Å². The predicted octanol–water partition coefficient (Wildman–Crippen LogP) is 17.0. The highest BCUT2D eigenvalue weighted by atomic mass is 16.3. The standard InChI is InChI=1S/C63H39NO/c1-3-19-44-40(16-1)18-13-25-45(44)42-34-37-43(38-35-42)64(58-32-12-8-23-49(58)50-26-14-27-51-52-39-36-41-17-2-4-20-46(41)61(52)65-62(50)51)59-33-15-31-57-60(59)53-24-7-11-30-56(53)63(57)54-28-9-5-21-47(54)48-22-6-10-29-55(48)63/h1-39H. The van der Waals surface area contributed by atoms with Gasteiger partial charge in [0.1, 0.15) is 11.2 Å². The van der Waals surface area contributed by atoms with Gasteiger partial charge in [0.2, 0.25) is 0 Å². The van der Waals surface area contributed by atoms with E-state index in [4.69, 9.17) is 4.42 Å². The third-order valence-corrected chi connectivity index (χ3v) is 14.3. The number of benzene rings is 11. The van der Waals surface area contributed by atoms with Crippen molar-refractivity contribution >= 4 is 60.5 Å². The first-order chi connectivity index (χ1) is 32.3. The Bertz CT molecular complexity index is 3860. The monoisotopic (exact) mass is 825 g/mol. The van der Waals surface area contributed by atoms with E-state index in [0.29, 0.717) is 0 Å². The van der Waals surface area contributed by atoms with Crippen molar-refractivity contribution in [2.45, 2.75) is 5.41 Å². The largest absolute Gasteiger partial charge is 0.455 e. The smallest absolute Gasteiger partial charge is 0.143 e. The van der Waals surface area contributed by atoms with Crippen LogP contribution in [0.25, 0.3) is 88.0 Å². The molecule has 2 aliphatic carbocycles. The van der Waals surface area contributed by atoms with Gasteiger partial charge in [0, 0.05) is 38.5 Å². The Balaban J connectivity index is 1.04. The Kier molecular flexibility index (Phi) is 7.64. The summed E-state index contributed by atoms with van der Waals surface area (Å²) >= 11 is 0. The first-order valence-corrected chi connectivity index (χ1v) is 22.5. The fourth-order valence-electron chi connectivity index (χ4n) is 11.6. The molecule has 0 aliphatic heterocycles. The van der Waals surface area contributed by atoms with Crippen LogP contribution in [0.3, 0.4) is 0 Å². The molecule has 65 heavy (non-hydrogen) atoms. The summed E-state index contributed by atoms with van der Waals surface area (Å²) < 4.78 is 7.03. The summed E-state index contributed by atoms with van der Waals surface area (Å²) in [5, 5.41) is 7.01. The van der Waals surface area contributed by atoms with Gasteiger partial charge < -0.3 is 9.32 Å². The molecule has 1 heterocycles. The Labute approximate surface area is 376 Å². The molecule has 302 valence electrons. The van der Waals surface area contributed by atoms with Gasteiger partial charge in [-0.25, -0.2) is 0 Å². The quantitative estimate of drug-likeness (QED) is 0.172. The Morgan fingerprint density at radius 1 is 0.292 bits per heavy atom. The van der Waals surface area contributed by atoms with Crippen LogP contribution in [0.15, 0.2) is 241 Å². The van der Waals surface area contributed by atoms with Crippen molar-refractivity contribution in [3.8, 4) is 44.5 Å². The minimum absolute atomic E-state index is 0.471. The van der Waals surface area contributed by atoms with Crippen LogP contribution < -0.4 is 4.90 Å². The molecule has 0 radical (unpaired) electrons. The van der Waals surface area contributed by atoms with Gasteiger partial charge in [0.05, 0.1) is 16.8 Å². The minimum Gasteiger partial charge on any atom is -0.455 e. The van der Waals surface area contributed by atoms with E-state index in [0.717, 1.165) is 55.5 Å². The molecule has 11 aromatic carbocycles. The van der Waals surface area contributed by atoms with E-state index in [9.17, 15) is 0 Å². The second-order valence-electron chi connectivity index (χ2n) is 17.5. The molecule has 12 aromatic rings. The fourth-order valence-corrected chi connectivity index (χ4v) is 11.6. The maximum absolute atomic E-state index is 7.03.